The molecule has 0 fully saturated rings. The maximum atomic E-state index is 12.3. The number of unbranched alkanes of at least 4 members (excludes halogenated alkanes) is 1. The summed E-state index contributed by atoms with van der Waals surface area (Å²) in [6.07, 6.45) is 3.87. The van der Waals surface area contributed by atoms with E-state index in [0.29, 0.717) is 35.8 Å². The van der Waals surface area contributed by atoms with Crippen LogP contribution in [0.3, 0.4) is 0 Å². The topological polar surface area (TPSA) is 151 Å². The van der Waals surface area contributed by atoms with E-state index in [1.54, 1.807) is 38.1 Å². The van der Waals surface area contributed by atoms with Gasteiger partial charge in [-0.25, -0.2) is 18.4 Å². The van der Waals surface area contributed by atoms with E-state index in [1.807, 2.05) is 0 Å². The zero-order valence-electron chi connectivity index (χ0n) is 16.4. The maximum absolute atomic E-state index is 12.3. The molecular weight excluding hydrogens is 392 g/mol. The fourth-order valence-electron chi connectivity index (χ4n) is 2.65. The monoisotopic (exact) mass is 416 g/mol. The van der Waals surface area contributed by atoms with Gasteiger partial charge in [0.15, 0.2) is 21.3 Å². The van der Waals surface area contributed by atoms with Crippen LogP contribution in [0.25, 0.3) is 22.8 Å². The first-order valence-corrected chi connectivity index (χ1v) is 10.9. The zero-order valence-corrected chi connectivity index (χ0v) is 17.2. The number of sulfone groups is 1. The number of nitrogens with two attached hydrogens (primary N) is 2. The second-order valence-corrected chi connectivity index (χ2v) is 9.36. The highest BCUT2D eigenvalue weighted by atomic mass is 32.2. The van der Waals surface area contributed by atoms with Crippen LogP contribution in [0.1, 0.15) is 32.6 Å². The summed E-state index contributed by atoms with van der Waals surface area (Å²) in [5.74, 6) is 0.854. The van der Waals surface area contributed by atoms with Gasteiger partial charge in [0.05, 0.1) is 22.0 Å². The maximum Gasteiger partial charge on any atom is 0.270 e. The average molecular weight is 417 g/mol. The van der Waals surface area contributed by atoms with Crippen LogP contribution in [0.15, 0.2) is 39.8 Å². The largest absolute Gasteiger partial charge is 0.419 e. The summed E-state index contributed by atoms with van der Waals surface area (Å²) >= 11 is 0. The van der Waals surface area contributed by atoms with Crippen LogP contribution in [0.5, 0.6) is 0 Å². The van der Waals surface area contributed by atoms with Crippen molar-refractivity contribution in [2.24, 2.45) is 5.73 Å². The Hall–Kier alpha value is -2.85. The molecule has 0 atom stereocenters. The molecule has 9 nitrogen and oxygen atoms in total. The lowest BCUT2D eigenvalue weighted by atomic mass is 10.1. The lowest BCUT2D eigenvalue weighted by molar-refractivity contribution is 0.493. The van der Waals surface area contributed by atoms with Gasteiger partial charge >= 0.3 is 0 Å². The van der Waals surface area contributed by atoms with Crippen LogP contribution in [-0.4, -0.2) is 40.4 Å². The van der Waals surface area contributed by atoms with E-state index in [2.05, 4.69) is 20.2 Å². The Morgan fingerprint density at radius 2 is 1.83 bits per heavy atom. The molecule has 0 unspecified atom stereocenters. The Balaban J connectivity index is 1.88. The molecule has 154 valence electrons. The van der Waals surface area contributed by atoms with Crippen molar-refractivity contribution in [3.63, 3.8) is 0 Å². The molecule has 0 saturated carbocycles. The molecule has 4 N–H and O–H groups in total. The summed E-state index contributed by atoms with van der Waals surface area (Å²) < 4.78 is 30.2. The van der Waals surface area contributed by atoms with Gasteiger partial charge in [-0.2, -0.15) is 0 Å². The molecule has 0 radical (unpaired) electrons. The molecule has 0 aliphatic rings. The number of nitrogens with zero attached hydrogens (tertiary/aromatic N) is 4. The van der Waals surface area contributed by atoms with E-state index in [1.165, 1.54) is 6.20 Å². The molecule has 0 aliphatic heterocycles. The number of hydrogen-bond donors (Lipinski definition) is 2. The number of hydrogen-bond acceptors (Lipinski definition) is 9. The molecule has 2 aromatic heterocycles. The Morgan fingerprint density at radius 3 is 2.48 bits per heavy atom. The van der Waals surface area contributed by atoms with Crippen molar-refractivity contribution in [1.29, 1.82) is 0 Å². The zero-order chi connectivity index (χ0) is 21.0. The summed E-state index contributed by atoms with van der Waals surface area (Å²) in [4.78, 5) is 8.93. The molecule has 29 heavy (non-hydrogen) atoms. The van der Waals surface area contributed by atoms with E-state index in [4.69, 9.17) is 15.9 Å². The number of benzene rings is 1. The van der Waals surface area contributed by atoms with Gasteiger partial charge in [0.2, 0.25) is 5.89 Å². The van der Waals surface area contributed by atoms with Gasteiger partial charge in [0.25, 0.3) is 5.89 Å². The van der Waals surface area contributed by atoms with Crippen molar-refractivity contribution in [2.75, 3.05) is 12.3 Å². The molecule has 2 heterocycles. The minimum absolute atomic E-state index is 0.171. The van der Waals surface area contributed by atoms with Crippen molar-refractivity contribution in [3.8, 4) is 22.8 Å². The van der Waals surface area contributed by atoms with Crippen molar-refractivity contribution in [1.82, 2.24) is 20.2 Å². The van der Waals surface area contributed by atoms with Crippen molar-refractivity contribution in [3.05, 3.63) is 36.4 Å². The van der Waals surface area contributed by atoms with E-state index >= 15 is 0 Å². The fourth-order valence-corrected chi connectivity index (χ4v) is 3.71. The normalized spacial score (nSPS) is 11.9. The number of aryl methyl sites for hydroxylation is 1. The Morgan fingerprint density at radius 1 is 1.10 bits per heavy atom. The van der Waals surface area contributed by atoms with Gasteiger partial charge in [-0.3, -0.25) is 0 Å². The first-order valence-electron chi connectivity index (χ1n) is 9.32. The number of aromatic nitrogens is 4. The molecular formula is C19H24N6O3S. The minimum atomic E-state index is -3.34. The average Bonchev–Trinajstić information content (AvgIpc) is 3.17. The van der Waals surface area contributed by atoms with Crippen LogP contribution in [0, 0.1) is 0 Å². The minimum Gasteiger partial charge on any atom is -0.419 e. The second kappa shape index (κ2) is 8.66. The molecule has 0 spiro atoms. The third-order valence-corrected chi connectivity index (χ3v) is 6.58. The summed E-state index contributed by atoms with van der Waals surface area (Å²) in [7, 11) is -3.34. The number of nitrogen functional groups attached to an aromatic ring is 1. The lowest BCUT2D eigenvalue weighted by Crippen LogP contribution is -2.13. The summed E-state index contributed by atoms with van der Waals surface area (Å²) in [6, 6.07) is 6.49. The van der Waals surface area contributed by atoms with Gasteiger partial charge in [0, 0.05) is 12.0 Å². The highest BCUT2D eigenvalue weighted by Crippen LogP contribution is 2.26. The van der Waals surface area contributed by atoms with E-state index in [0.717, 1.165) is 12.8 Å². The summed E-state index contributed by atoms with van der Waals surface area (Å²) in [5.41, 5.74) is 12.9. The van der Waals surface area contributed by atoms with Gasteiger partial charge in [-0.15, -0.1) is 10.2 Å². The highest BCUT2D eigenvalue weighted by Gasteiger charge is 2.20. The second-order valence-electron chi connectivity index (χ2n) is 6.85. The van der Waals surface area contributed by atoms with Crippen LogP contribution in [0.4, 0.5) is 5.82 Å². The van der Waals surface area contributed by atoms with Crippen LogP contribution in [-0.2, 0) is 16.3 Å². The predicted molar refractivity (Wildman–Crippen MR) is 109 cm³/mol. The van der Waals surface area contributed by atoms with Crippen LogP contribution in [0.2, 0.25) is 0 Å². The lowest BCUT2D eigenvalue weighted by Gasteiger charge is -2.09. The number of rotatable bonds is 8. The van der Waals surface area contributed by atoms with Crippen molar-refractivity contribution < 1.29 is 12.8 Å². The molecule has 3 aromatic rings. The molecule has 3 rings (SSSR count). The summed E-state index contributed by atoms with van der Waals surface area (Å²) in [5, 5.41) is 7.54. The van der Waals surface area contributed by atoms with Crippen molar-refractivity contribution >= 4 is 15.7 Å². The standard InChI is InChI=1S/C19H24N6O3S/c1-12(2)29(26,27)14-8-6-13(7-9-14)15-11-22-18(21)17(23-15)19-25-24-16(28-19)5-3-4-10-20/h6-9,11-12H,3-5,10,20H2,1-2H3,(H2,21,22). The summed E-state index contributed by atoms with van der Waals surface area (Å²) in [6.45, 7) is 3.91. The van der Waals surface area contributed by atoms with Gasteiger partial charge < -0.3 is 15.9 Å². The third kappa shape index (κ3) is 4.60. The molecule has 0 aliphatic carbocycles. The van der Waals surface area contributed by atoms with E-state index < -0.39 is 15.1 Å². The SMILES string of the molecule is CC(C)S(=O)(=O)c1ccc(-c2cnc(N)c(-c3nnc(CCCCN)o3)n2)cc1. The molecule has 0 amide bonds. The van der Waals surface area contributed by atoms with E-state index in [-0.39, 0.29) is 16.6 Å². The molecule has 0 saturated heterocycles. The number of anilines is 1. The van der Waals surface area contributed by atoms with Crippen LogP contribution >= 0.6 is 0 Å². The molecule has 1 aromatic carbocycles. The quantitative estimate of drug-likeness (QED) is 0.527. The highest BCUT2D eigenvalue weighted by molar-refractivity contribution is 7.92. The Bertz CT molecular complexity index is 1080. The predicted octanol–water partition coefficient (Wildman–Crippen LogP) is 2.24. The Kier molecular flexibility index (Phi) is 6.23. The fraction of sp³-hybridized carbons (Fsp3) is 0.368. The van der Waals surface area contributed by atoms with Gasteiger partial charge in [-0.05, 0) is 45.4 Å². The smallest absolute Gasteiger partial charge is 0.270 e. The first kappa shape index (κ1) is 20.9. The van der Waals surface area contributed by atoms with Gasteiger partial charge in [0.1, 0.15) is 0 Å². The van der Waals surface area contributed by atoms with Crippen LogP contribution < -0.4 is 11.5 Å². The molecule has 0 bridgehead atoms. The Labute approximate surface area is 169 Å². The van der Waals surface area contributed by atoms with E-state index in [9.17, 15) is 8.42 Å². The van der Waals surface area contributed by atoms with Gasteiger partial charge in [-0.1, -0.05) is 12.1 Å². The van der Waals surface area contributed by atoms with Crippen molar-refractivity contribution in [2.45, 2.75) is 43.3 Å². The first-order chi connectivity index (χ1) is 13.8. The third-order valence-electron chi connectivity index (χ3n) is 4.41. The molecule has 10 heteroatoms.